The average molecular weight is 562 g/mol. The first kappa shape index (κ1) is 27.1. The normalized spacial score (nSPS) is 14.2. The fraction of sp³-hybridized carbons (Fsp3) is 0.259. The Labute approximate surface area is 231 Å². The molecule has 10 heteroatoms. The third-order valence-electron chi connectivity index (χ3n) is 6.14. The number of hydrogen-bond acceptors (Lipinski definition) is 6. The van der Waals surface area contributed by atoms with E-state index in [-0.39, 0.29) is 10.8 Å². The highest BCUT2D eigenvalue weighted by Gasteiger charge is 2.18. The van der Waals surface area contributed by atoms with Crippen LogP contribution in [0.5, 0.6) is 11.5 Å². The van der Waals surface area contributed by atoms with Crippen molar-refractivity contribution in [2.75, 3.05) is 44.2 Å². The number of carbonyl (C=O) groups is 1. The van der Waals surface area contributed by atoms with Crippen LogP contribution in [0.4, 0.5) is 5.69 Å². The van der Waals surface area contributed by atoms with E-state index in [2.05, 4.69) is 20.3 Å². The summed E-state index contributed by atoms with van der Waals surface area (Å²) in [6, 6.07) is 15.7. The molecule has 0 aliphatic carbocycles. The van der Waals surface area contributed by atoms with Crippen LogP contribution in [0.25, 0.3) is 0 Å². The summed E-state index contributed by atoms with van der Waals surface area (Å²) < 4.78 is 5.97. The highest BCUT2D eigenvalue weighted by Crippen LogP contribution is 2.28. The van der Waals surface area contributed by atoms with Gasteiger partial charge in [-0.3, -0.25) is 9.69 Å². The van der Waals surface area contributed by atoms with Crippen molar-refractivity contribution >= 4 is 52.6 Å². The molecule has 1 heterocycles. The first-order valence-electron chi connectivity index (χ1n) is 11.8. The Morgan fingerprint density at radius 2 is 1.78 bits per heavy atom. The number of hydrogen-bond donors (Lipinski definition) is 2. The van der Waals surface area contributed by atoms with Crippen molar-refractivity contribution in [2.24, 2.45) is 5.10 Å². The maximum atomic E-state index is 12.2. The molecule has 2 N–H and O–H groups in total. The van der Waals surface area contributed by atoms with Crippen molar-refractivity contribution in [2.45, 2.75) is 6.92 Å². The molecule has 3 aromatic carbocycles. The Morgan fingerprint density at radius 3 is 2.49 bits per heavy atom. The number of ether oxygens (including phenoxy) is 1. The van der Waals surface area contributed by atoms with Gasteiger partial charge in [-0.1, -0.05) is 34.8 Å². The average Bonchev–Trinajstić information content (AvgIpc) is 2.89. The highest BCUT2D eigenvalue weighted by atomic mass is 35.5. The Morgan fingerprint density at radius 1 is 1.00 bits per heavy atom. The Hall–Kier alpha value is -2.97. The molecule has 1 saturated heterocycles. The standard InChI is InChI=1S/C27H27Cl3N4O3/c1-18-14-22(5-2-20(18)17-31-32-27(36)19-3-7-26(35)25(30)15-19)37-13-12-33-8-10-34(11-9-33)21-4-6-23(28)24(29)16-21/h2-7,14-17,35H,8-13H2,1H3,(H,32,36)/b31-17+. The Bertz CT molecular complexity index is 1290. The van der Waals surface area contributed by atoms with Crippen LogP contribution in [0.1, 0.15) is 21.5 Å². The molecule has 1 aliphatic heterocycles. The predicted octanol–water partition coefficient (Wildman–Crippen LogP) is 5.63. The maximum Gasteiger partial charge on any atom is 0.271 e. The maximum absolute atomic E-state index is 12.2. The fourth-order valence-corrected chi connectivity index (χ4v) is 4.43. The molecule has 1 aliphatic rings. The van der Waals surface area contributed by atoms with Crippen molar-refractivity contribution in [3.05, 3.63) is 86.4 Å². The predicted molar refractivity (Wildman–Crippen MR) is 150 cm³/mol. The molecule has 194 valence electrons. The number of nitrogens with zero attached hydrogens (tertiary/aromatic N) is 3. The minimum atomic E-state index is -0.423. The zero-order valence-corrected chi connectivity index (χ0v) is 22.5. The third kappa shape index (κ3) is 7.29. The lowest BCUT2D eigenvalue weighted by molar-refractivity contribution is 0.0955. The quantitative estimate of drug-likeness (QED) is 0.276. The van der Waals surface area contributed by atoms with E-state index in [0.29, 0.717) is 22.2 Å². The number of piperazine rings is 1. The molecule has 0 saturated carbocycles. The number of benzene rings is 3. The molecule has 0 radical (unpaired) electrons. The van der Waals surface area contributed by atoms with Crippen molar-refractivity contribution in [3.8, 4) is 11.5 Å². The van der Waals surface area contributed by atoms with Gasteiger partial charge in [0.05, 0.1) is 21.3 Å². The summed E-state index contributed by atoms with van der Waals surface area (Å²) in [4.78, 5) is 16.9. The zero-order valence-electron chi connectivity index (χ0n) is 20.3. The van der Waals surface area contributed by atoms with Crippen molar-refractivity contribution in [1.29, 1.82) is 0 Å². The van der Waals surface area contributed by atoms with Gasteiger partial charge in [0.1, 0.15) is 18.1 Å². The van der Waals surface area contributed by atoms with Gasteiger partial charge in [-0.25, -0.2) is 5.43 Å². The monoisotopic (exact) mass is 560 g/mol. The summed E-state index contributed by atoms with van der Waals surface area (Å²) >= 11 is 18.0. The van der Waals surface area contributed by atoms with Gasteiger partial charge in [0, 0.05) is 44.0 Å². The minimum absolute atomic E-state index is 0.0814. The molecule has 0 atom stereocenters. The number of phenolic OH excluding ortho intramolecular Hbond substituents is 1. The number of amides is 1. The molecular formula is C27H27Cl3N4O3. The number of aromatic hydroxyl groups is 1. The lowest BCUT2D eigenvalue weighted by Crippen LogP contribution is -2.47. The van der Waals surface area contributed by atoms with E-state index >= 15 is 0 Å². The van der Waals surface area contributed by atoms with Gasteiger partial charge in [-0.05, 0) is 72.6 Å². The van der Waals surface area contributed by atoms with Gasteiger partial charge in [-0.15, -0.1) is 0 Å². The molecule has 0 spiro atoms. The van der Waals surface area contributed by atoms with E-state index in [1.807, 2.05) is 43.3 Å². The molecule has 37 heavy (non-hydrogen) atoms. The molecule has 1 fully saturated rings. The van der Waals surface area contributed by atoms with E-state index in [9.17, 15) is 9.90 Å². The molecule has 0 aromatic heterocycles. The molecule has 1 amide bonds. The third-order valence-corrected chi connectivity index (χ3v) is 7.18. The second kappa shape index (κ2) is 12.5. The number of rotatable bonds is 8. The van der Waals surface area contributed by atoms with Crippen molar-refractivity contribution < 1.29 is 14.6 Å². The fourth-order valence-electron chi connectivity index (χ4n) is 3.96. The van der Waals surface area contributed by atoms with Gasteiger partial charge in [-0.2, -0.15) is 5.10 Å². The molecular weight excluding hydrogens is 535 g/mol. The first-order chi connectivity index (χ1) is 17.8. The van der Waals surface area contributed by atoms with Gasteiger partial charge >= 0.3 is 0 Å². The smallest absolute Gasteiger partial charge is 0.271 e. The van der Waals surface area contributed by atoms with Crippen LogP contribution in [-0.4, -0.2) is 61.5 Å². The van der Waals surface area contributed by atoms with Crippen LogP contribution in [0.15, 0.2) is 59.7 Å². The molecule has 0 unspecified atom stereocenters. The van der Waals surface area contributed by atoms with Crippen molar-refractivity contribution in [3.63, 3.8) is 0 Å². The number of carbonyl (C=O) groups excluding carboxylic acids is 1. The summed E-state index contributed by atoms with van der Waals surface area (Å²) in [6.45, 7) is 7.11. The number of nitrogens with one attached hydrogen (secondary N) is 1. The summed E-state index contributed by atoms with van der Waals surface area (Å²) in [6.07, 6.45) is 1.58. The SMILES string of the molecule is Cc1cc(OCCN2CCN(c3ccc(Cl)c(Cl)c3)CC2)ccc1/C=N/NC(=O)c1ccc(O)c(Cl)c1. The second-order valence-corrected chi connectivity index (χ2v) is 9.88. The van der Waals surface area contributed by atoms with E-state index < -0.39 is 5.91 Å². The lowest BCUT2D eigenvalue weighted by Gasteiger charge is -2.36. The van der Waals surface area contributed by atoms with E-state index in [4.69, 9.17) is 39.5 Å². The molecule has 4 rings (SSSR count). The second-order valence-electron chi connectivity index (χ2n) is 8.66. The van der Waals surface area contributed by atoms with Crippen molar-refractivity contribution in [1.82, 2.24) is 10.3 Å². The van der Waals surface area contributed by atoms with Gasteiger partial charge in [0.2, 0.25) is 0 Å². The van der Waals surface area contributed by atoms with Gasteiger partial charge in [0.25, 0.3) is 5.91 Å². The minimum Gasteiger partial charge on any atom is -0.506 e. The number of phenols is 1. The molecule has 3 aromatic rings. The number of anilines is 1. The lowest BCUT2D eigenvalue weighted by atomic mass is 10.1. The first-order valence-corrected chi connectivity index (χ1v) is 12.9. The van der Waals surface area contributed by atoms with Crippen LogP contribution >= 0.6 is 34.8 Å². The summed E-state index contributed by atoms with van der Waals surface area (Å²) in [7, 11) is 0. The molecule has 0 bridgehead atoms. The van der Waals surface area contributed by atoms with E-state index in [0.717, 1.165) is 55.3 Å². The topological polar surface area (TPSA) is 77.4 Å². The van der Waals surface area contributed by atoms with Crippen LogP contribution in [0.3, 0.4) is 0 Å². The summed E-state index contributed by atoms with van der Waals surface area (Å²) in [5.74, 6) is 0.280. The largest absolute Gasteiger partial charge is 0.506 e. The van der Waals surface area contributed by atoms with E-state index in [1.165, 1.54) is 18.2 Å². The van der Waals surface area contributed by atoms with Crippen LogP contribution in [0, 0.1) is 6.92 Å². The van der Waals surface area contributed by atoms with Gasteiger partial charge in [0.15, 0.2) is 0 Å². The van der Waals surface area contributed by atoms with Gasteiger partial charge < -0.3 is 14.7 Å². The van der Waals surface area contributed by atoms with Crippen LogP contribution < -0.4 is 15.1 Å². The number of hydrazone groups is 1. The summed E-state index contributed by atoms with van der Waals surface area (Å²) in [5.41, 5.74) is 5.68. The van der Waals surface area contributed by atoms with Crippen LogP contribution in [-0.2, 0) is 0 Å². The Kier molecular flexibility index (Phi) is 9.16. The number of halogens is 3. The Balaban J connectivity index is 1.21. The number of aryl methyl sites for hydroxylation is 1. The summed E-state index contributed by atoms with van der Waals surface area (Å²) in [5, 5.41) is 14.7. The van der Waals surface area contributed by atoms with E-state index in [1.54, 1.807) is 6.21 Å². The highest BCUT2D eigenvalue weighted by molar-refractivity contribution is 6.42. The van der Waals surface area contributed by atoms with Crippen LogP contribution in [0.2, 0.25) is 15.1 Å². The zero-order chi connectivity index (χ0) is 26.4. The molecule has 7 nitrogen and oxygen atoms in total.